The van der Waals surface area contributed by atoms with Gasteiger partial charge in [-0.2, -0.15) is 0 Å². The van der Waals surface area contributed by atoms with Gasteiger partial charge in [0.1, 0.15) is 0 Å². The highest BCUT2D eigenvalue weighted by molar-refractivity contribution is 5.38. The Morgan fingerprint density at radius 3 is 2.41 bits per heavy atom. The van der Waals surface area contributed by atoms with E-state index in [1.165, 1.54) is 69.8 Å². The summed E-state index contributed by atoms with van der Waals surface area (Å²) in [6.45, 7) is 21.6. The van der Waals surface area contributed by atoms with Crippen LogP contribution in [-0.2, 0) is 0 Å². The van der Waals surface area contributed by atoms with E-state index in [4.69, 9.17) is 0 Å². The minimum Gasteiger partial charge on any atom is -0.393 e. The van der Waals surface area contributed by atoms with Crippen molar-refractivity contribution in [1.82, 2.24) is 0 Å². The van der Waals surface area contributed by atoms with E-state index < -0.39 is 0 Å². The van der Waals surface area contributed by atoms with Crippen molar-refractivity contribution in [2.45, 2.75) is 125 Å². The van der Waals surface area contributed by atoms with Crippen molar-refractivity contribution in [2.75, 3.05) is 0 Å². The molecule has 182 valence electrons. The first-order valence-electron chi connectivity index (χ1n) is 14.1. The molecule has 0 bridgehead atoms. The highest BCUT2D eigenvalue weighted by Crippen LogP contribution is 2.71. The highest BCUT2D eigenvalue weighted by atomic mass is 16.3. The third-order valence-electron chi connectivity index (χ3n) is 12.2. The summed E-state index contributed by atoms with van der Waals surface area (Å²) in [5.41, 5.74) is 6.32. The lowest BCUT2D eigenvalue weighted by molar-refractivity contribution is -0.0413. The predicted octanol–water partition coefficient (Wildman–Crippen LogP) is 8.73. The normalized spacial score (nSPS) is 45.6. The molecule has 0 amide bonds. The minimum atomic E-state index is -0.0810. The summed E-state index contributed by atoms with van der Waals surface area (Å²) in [6, 6.07) is 0. The van der Waals surface area contributed by atoms with Gasteiger partial charge in [0.2, 0.25) is 0 Å². The number of rotatable bonds is 6. The predicted molar refractivity (Wildman–Crippen MR) is 137 cm³/mol. The van der Waals surface area contributed by atoms with Crippen molar-refractivity contribution in [1.29, 1.82) is 0 Å². The SMILES string of the molecule is C=C(C)C(CC)CC[C@@H](C)[C@H]1CC[C@@]2(C)C3=C(CC[C@]12C)[C@@]1(C)CC[C@H](O)[C@@H](C)[C@@H]1CC3. The quantitative estimate of drug-likeness (QED) is 0.409. The van der Waals surface area contributed by atoms with Crippen LogP contribution in [0.15, 0.2) is 23.3 Å². The second-order valence-electron chi connectivity index (χ2n) is 13.4. The molecule has 1 heteroatoms. The van der Waals surface area contributed by atoms with E-state index in [0.717, 1.165) is 18.3 Å². The summed E-state index contributed by atoms with van der Waals surface area (Å²) in [5.74, 6) is 3.52. The molecule has 32 heavy (non-hydrogen) atoms. The van der Waals surface area contributed by atoms with Crippen molar-refractivity contribution in [3.8, 4) is 0 Å². The average molecular weight is 441 g/mol. The molecule has 0 heterocycles. The number of allylic oxidation sites excluding steroid dienone is 3. The molecule has 0 aromatic rings. The number of aliphatic hydroxyl groups is 1. The van der Waals surface area contributed by atoms with Gasteiger partial charge >= 0.3 is 0 Å². The Morgan fingerprint density at radius 2 is 1.75 bits per heavy atom. The Labute approximate surface area is 199 Å². The lowest BCUT2D eigenvalue weighted by Gasteiger charge is -2.60. The van der Waals surface area contributed by atoms with Crippen molar-refractivity contribution in [2.24, 2.45) is 45.8 Å². The maximum atomic E-state index is 10.6. The second kappa shape index (κ2) is 8.58. The zero-order valence-corrected chi connectivity index (χ0v) is 22.4. The first-order valence-corrected chi connectivity index (χ1v) is 14.1. The Morgan fingerprint density at radius 1 is 1.03 bits per heavy atom. The molecule has 9 atom stereocenters. The van der Waals surface area contributed by atoms with Gasteiger partial charge in [0.05, 0.1) is 6.10 Å². The van der Waals surface area contributed by atoms with Gasteiger partial charge in [-0.15, -0.1) is 0 Å². The highest BCUT2D eigenvalue weighted by Gasteiger charge is 2.62. The first kappa shape index (κ1) is 24.6. The molecular formula is C31H52O. The molecule has 4 aliphatic rings. The zero-order chi connectivity index (χ0) is 23.5. The molecular weight excluding hydrogens is 388 g/mol. The van der Waals surface area contributed by atoms with Crippen LogP contribution in [0.4, 0.5) is 0 Å². The van der Waals surface area contributed by atoms with Crippen LogP contribution in [0.5, 0.6) is 0 Å². The van der Waals surface area contributed by atoms with Gasteiger partial charge in [-0.1, -0.05) is 64.8 Å². The molecule has 1 unspecified atom stereocenters. The molecule has 0 spiro atoms. The summed E-state index contributed by atoms with van der Waals surface area (Å²) < 4.78 is 0. The standard InChI is InChI=1S/C31H52O/c1-9-23(20(2)3)11-10-21(4)24-14-18-31(8)27-13-12-25-22(5)28(32)16-17-29(25,6)26(27)15-19-30(24,31)7/h21-25,28,32H,2,9-19H2,1,3-8H3/t21-,22+,23?,24-,25+,28+,29+,30-,31+/m1/s1. The summed E-state index contributed by atoms with van der Waals surface area (Å²) in [4.78, 5) is 0. The summed E-state index contributed by atoms with van der Waals surface area (Å²) in [5, 5.41) is 10.6. The lowest BCUT2D eigenvalue weighted by atomic mass is 9.45. The Balaban J connectivity index is 1.59. The molecule has 1 nitrogen and oxygen atoms in total. The average Bonchev–Trinajstić information content (AvgIpc) is 3.02. The molecule has 4 aliphatic carbocycles. The van der Waals surface area contributed by atoms with Crippen LogP contribution in [0.2, 0.25) is 0 Å². The van der Waals surface area contributed by atoms with Gasteiger partial charge in [0.25, 0.3) is 0 Å². The van der Waals surface area contributed by atoms with Crippen molar-refractivity contribution in [3.05, 3.63) is 23.3 Å². The molecule has 2 fully saturated rings. The Kier molecular flexibility index (Phi) is 6.59. The van der Waals surface area contributed by atoms with E-state index in [2.05, 4.69) is 55.0 Å². The molecule has 0 radical (unpaired) electrons. The largest absolute Gasteiger partial charge is 0.393 e. The smallest absolute Gasteiger partial charge is 0.0569 e. The van der Waals surface area contributed by atoms with Crippen LogP contribution >= 0.6 is 0 Å². The van der Waals surface area contributed by atoms with E-state index in [0.29, 0.717) is 34.0 Å². The van der Waals surface area contributed by atoms with Crippen LogP contribution in [-0.4, -0.2) is 11.2 Å². The zero-order valence-electron chi connectivity index (χ0n) is 22.4. The number of fused-ring (bicyclic) bond motifs is 4. The minimum absolute atomic E-state index is 0.0810. The van der Waals surface area contributed by atoms with E-state index in [-0.39, 0.29) is 6.10 Å². The number of hydrogen-bond donors (Lipinski definition) is 1. The molecule has 0 saturated heterocycles. The lowest BCUT2D eigenvalue weighted by Crippen LogP contribution is -2.51. The van der Waals surface area contributed by atoms with Gasteiger partial charge in [-0.25, -0.2) is 0 Å². The van der Waals surface area contributed by atoms with Gasteiger partial charge < -0.3 is 5.11 Å². The third-order valence-corrected chi connectivity index (χ3v) is 12.2. The fourth-order valence-corrected chi connectivity index (χ4v) is 9.72. The van der Waals surface area contributed by atoms with Crippen molar-refractivity contribution >= 4 is 0 Å². The summed E-state index contributed by atoms with van der Waals surface area (Å²) in [6.07, 6.45) is 14.2. The molecule has 0 aromatic heterocycles. The Bertz CT molecular complexity index is 762. The molecule has 0 aromatic carbocycles. The van der Waals surface area contributed by atoms with Gasteiger partial charge in [0, 0.05) is 0 Å². The molecule has 2 saturated carbocycles. The van der Waals surface area contributed by atoms with Gasteiger partial charge in [0.15, 0.2) is 0 Å². The number of aliphatic hydroxyl groups excluding tert-OH is 1. The van der Waals surface area contributed by atoms with E-state index in [9.17, 15) is 5.11 Å². The van der Waals surface area contributed by atoms with Gasteiger partial charge in [-0.05, 0) is 123 Å². The maximum absolute atomic E-state index is 10.6. The van der Waals surface area contributed by atoms with E-state index in [1.807, 2.05) is 11.1 Å². The van der Waals surface area contributed by atoms with Crippen LogP contribution in [0, 0.1) is 45.8 Å². The van der Waals surface area contributed by atoms with Crippen LogP contribution in [0.1, 0.15) is 119 Å². The first-order chi connectivity index (χ1) is 15.0. The van der Waals surface area contributed by atoms with Gasteiger partial charge in [-0.3, -0.25) is 0 Å². The fraction of sp³-hybridized carbons (Fsp3) is 0.871. The number of hydrogen-bond acceptors (Lipinski definition) is 1. The maximum Gasteiger partial charge on any atom is 0.0569 e. The topological polar surface area (TPSA) is 20.2 Å². The molecule has 0 aliphatic heterocycles. The third kappa shape index (κ3) is 3.50. The van der Waals surface area contributed by atoms with Crippen LogP contribution < -0.4 is 0 Å². The van der Waals surface area contributed by atoms with Crippen LogP contribution in [0.25, 0.3) is 0 Å². The molecule has 1 N–H and O–H groups in total. The van der Waals surface area contributed by atoms with E-state index >= 15 is 0 Å². The second-order valence-corrected chi connectivity index (χ2v) is 13.4. The summed E-state index contributed by atoms with van der Waals surface area (Å²) in [7, 11) is 0. The Hall–Kier alpha value is -0.560. The fourth-order valence-electron chi connectivity index (χ4n) is 9.72. The molecule has 4 rings (SSSR count). The van der Waals surface area contributed by atoms with E-state index in [1.54, 1.807) is 0 Å². The van der Waals surface area contributed by atoms with Crippen molar-refractivity contribution in [3.63, 3.8) is 0 Å². The van der Waals surface area contributed by atoms with Crippen molar-refractivity contribution < 1.29 is 5.11 Å². The summed E-state index contributed by atoms with van der Waals surface area (Å²) >= 11 is 0. The van der Waals surface area contributed by atoms with Crippen LogP contribution in [0.3, 0.4) is 0 Å². The monoisotopic (exact) mass is 440 g/mol.